The van der Waals surface area contributed by atoms with Crippen LogP contribution in [0.2, 0.25) is 0 Å². The molecule has 0 fully saturated rings. The van der Waals surface area contributed by atoms with Crippen molar-refractivity contribution in [2.75, 3.05) is 14.2 Å². The molecule has 0 aliphatic rings. The summed E-state index contributed by atoms with van der Waals surface area (Å²) < 4.78 is 10.8. The SMILES string of the molecule is CCC(Br)c1nnc(-c2c(OC)cccc2OC)s1. The molecule has 19 heavy (non-hydrogen) atoms. The van der Waals surface area contributed by atoms with E-state index in [0.717, 1.165) is 33.5 Å². The maximum Gasteiger partial charge on any atom is 0.155 e. The van der Waals surface area contributed by atoms with Crippen LogP contribution in [0, 0.1) is 0 Å². The van der Waals surface area contributed by atoms with Gasteiger partial charge in [-0.3, -0.25) is 0 Å². The van der Waals surface area contributed by atoms with Gasteiger partial charge in [-0.1, -0.05) is 40.3 Å². The summed E-state index contributed by atoms with van der Waals surface area (Å²) >= 11 is 5.14. The van der Waals surface area contributed by atoms with Crippen molar-refractivity contribution in [3.05, 3.63) is 23.2 Å². The standard InChI is InChI=1S/C13H15BrN2O2S/c1-4-8(14)12-15-16-13(19-12)11-9(17-2)6-5-7-10(11)18-3/h5-8H,4H2,1-3H3. The Labute approximate surface area is 124 Å². The third kappa shape index (κ3) is 2.90. The molecule has 1 unspecified atom stereocenters. The third-order valence-electron chi connectivity index (χ3n) is 2.71. The maximum absolute atomic E-state index is 5.39. The molecule has 4 nitrogen and oxygen atoms in total. The van der Waals surface area contributed by atoms with E-state index in [4.69, 9.17) is 9.47 Å². The molecule has 0 saturated carbocycles. The quantitative estimate of drug-likeness (QED) is 0.768. The zero-order valence-electron chi connectivity index (χ0n) is 11.0. The van der Waals surface area contributed by atoms with E-state index in [-0.39, 0.29) is 4.83 Å². The van der Waals surface area contributed by atoms with Gasteiger partial charge in [-0.2, -0.15) is 0 Å². The fraction of sp³-hybridized carbons (Fsp3) is 0.385. The Balaban J connectivity index is 2.48. The fourth-order valence-electron chi connectivity index (χ4n) is 1.70. The Morgan fingerprint density at radius 3 is 2.37 bits per heavy atom. The van der Waals surface area contributed by atoms with Gasteiger partial charge in [0.25, 0.3) is 0 Å². The van der Waals surface area contributed by atoms with Gasteiger partial charge < -0.3 is 9.47 Å². The maximum atomic E-state index is 5.39. The molecule has 0 aliphatic carbocycles. The summed E-state index contributed by atoms with van der Waals surface area (Å²) in [6.45, 7) is 2.10. The first-order valence-electron chi connectivity index (χ1n) is 5.90. The minimum absolute atomic E-state index is 0.236. The van der Waals surface area contributed by atoms with E-state index >= 15 is 0 Å². The number of hydrogen-bond donors (Lipinski definition) is 0. The first kappa shape index (κ1) is 14.3. The van der Waals surface area contributed by atoms with Gasteiger partial charge in [-0.15, -0.1) is 10.2 Å². The van der Waals surface area contributed by atoms with Crippen LogP contribution < -0.4 is 9.47 Å². The lowest BCUT2D eigenvalue weighted by atomic mass is 10.2. The molecule has 0 radical (unpaired) electrons. The first-order valence-corrected chi connectivity index (χ1v) is 7.63. The molecule has 1 aromatic carbocycles. The fourth-order valence-corrected chi connectivity index (χ4v) is 3.03. The van der Waals surface area contributed by atoms with Crippen LogP contribution in [0.25, 0.3) is 10.6 Å². The number of rotatable bonds is 5. The van der Waals surface area contributed by atoms with E-state index < -0.39 is 0 Å². The summed E-state index contributed by atoms with van der Waals surface area (Å²) in [6, 6.07) is 5.68. The summed E-state index contributed by atoms with van der Waals surface area (Å²) in [5.41, 5.74) is 0.854. The van der Waals surface area contributed by atoms with Gasteiger partial charge in [0.05, 0.1) is 24.6 Å². The zero-order valence-corrected chi connectivity index (χ0v) is 13.4. The van der Waals surface area contributed by atoms with Crippen molar-refractivity contribution in [3.8, 4) is 22.1 Å². The molecule has 0 amide bonds. The molecule has 6 heteroatoms. The molecule has 1 heterocycles. The van der Waals surface area contributed by atoms with Gasteiger partial charge >= 0.3 is 0 Å². The molecule has 0 spiro atoms. The summed E-state index contributed by atoms with van der Waals surface area (Å²) in [5, 5.41) is 10.2. The highest BCUT2D eigenvalue weighted by molar-refractivity contribution is 9.09. The largest absolute Gasteiger partial charge is 0.496 e. The lowest BCUT2D eigenvalue weighted by molar-refractivity contribution is 0.397. The van der Waals surface area contributed by atoms with E-state index in [1.54, 1.807) is 25.6 Å². The minimum Gasteiger partial charge on any atom is -0.496 e. The van der Waals surface area contributed by atoms with Crippen molar-refractivity contribution in [2.45, 2.75) is 18.2 Å². The summed E-state index contributed by atoms with van der Waals surface area (Å²) in [5.74, 6) is 1.48. The average Bonchev–Trinajstić information content (AvgIpc) is 2.94. The number of benzene rings is 1. The molecule has 0 bridgehead atoms. The van der Waals surface area contributed by atoms with E-state index in [9.17, 15) is 0 Å². The number of hydrogen-bond acceptors (Lipinski definition) is 5. The molecule has 102 valence electrons. The Morgan fingerprint density at radius 1 is 1.21 bits per heavy atom. The minimum atomic E-state index is 0.236. The van der Waals surface area contributed by atoms with Crippen LogP contribution in [0.1, 0.15) is 23.2 Å². The van der Waals surface area contributed by atoms with Crippen molar-refractivity contribution < 1.29 is 9.47 Å². The van der Waals surface area contributed by atoms with Gasteiger partial charge in [0.15, 0.2) is 5.01 Å². The third-order valence-corrected chi connectivity index (χ3v) is 5.15. The van der Waals surface area contributed by atoms with Crippen molar-refractivity contribution in [3.63, 3.8) is 0 Å². The molecule has 0 aliphatic heterocycles. The summed E-state index contributed by atoms with van der Waals surface area (Å²) in [7, 11) is 3.28. The van der Waals surface area contributed by atoms with E-state index in [2.05, 4.69) is 33.1 Å². The second-order valence-electron chi connectivity index (χ2n) is 3.86. The highest BCUT2D eigenvalue weighted by atomic mass is 79.9. The second kappa shape index (κ2) is 6.34. The van der Waals surface area contributed by atoms with E-state index in [1.807, 2.05) is 18.2 Å². The smallest absolute Gasteiger partial charge is 0.155 e. The van der Waals surface area contributed by atoms with Gasteiger partial charge in [-0.25, -0.2) is 0 Å². The van der Waals surface area contributed by atoms with Crippen molar-refractivity contribution >= 4 is 27.3 Å². The molecule has 0 saturated heterocycles. The van der Waals surface area contributed by atoms with Gasteiger partial charge in [0.1, 0.15) is 16.5 Å². The Morgan fingerprint density at radius 2 is 1.84 bits per heavy atom. The van der Waals surface area contributed by atoms with Crippen LogP contribution in [-0.2, 0) is 0 Å². The van der Waals surface area contributed by atoms with Crippen LogP contribution in [0.3, 0.4) is 0 Å². The Kier molecular flexibility index (Phi) is 4.76. The number of aromatic nitrogens is 2. The molecule has 2 rings (SSSR count). The number of halogens is 1. The number of ether oxygens (including phenoxy) is 2. The van der Waals surface area contributed by atoms with Gasteiger partial charge in [0.2, 0.25) is 0 Å². The highest BCUT2D eigenvalue weighted by Crippen LogP contribution is 2.41. The van der Waals surface area contributed by atoms with Crippen molar-refractivity contribution in [1.82, 2.24) is 10.2 Å². The molecular formula is C13H15BrN2O2S. The van der Waals surface area contributed by atoms with Crippen molar-refractivity contribution in [2.24, 2.45) is 0 Å². The molecule has 1 atom stereocenters. The van der Waals surface area contributed by atoms with Crippen LogP contribution in [-0.4, -0.2) is 24.4 Å². The number of nitrogens with zero attached hydrogens (tertiary/aromatic N) is 2. The summed E-state index contributed by atoms with van der Waals surface area (Å²) in [6.07, 6.45) is 0.970. The molecule has 1 aromatic heterocycles. The van der Waals surface area contributed by atoms with Crippen LogP contribution >= 0.6 is 27.3 Å². The zero-order chi connectivity index (χ0) is 13.8. The lowest BCUT2D eigenvalue weighted by Gasteiger charge is -2.10. The average molecular weight is 343 g/mol. The van der Waals surface area contributed by atoms with E-state index in [0.29, 0.717) is 0 Å². The van der Waals surface area contributed by atoms with Gasteiger partial charge in [0, 0.05) is 0 Å². The molecule has 2 aromatic rings. The predicted octanol–water partition coefficient (Wildman–Crippen LogP) is 4.07. The Hall–Kier alpha value is -1.14. The monoisotopic (exact) mass is 342 g/mol. The summed E-state index contributed by atoms with van der Waals surface area (Å²) in [4.78, 5) is 0.236. The number of methoxy groups -OCH3 is 2. The first-order chi connectivity index (χ1) is 9.21. The number of alkyl halides is 1. The normalized spacial score (nSPS) is 12.2. The van der Waals surface area contributed by atoms with Crippen LogP contribution in [0.4, 0.5) is 0 Å². The van der Waals surface area contributed by atoms with Crippen molar-refractivity contribution in [1.29, 1.82) is 0 Å². The molecule has 0 N–H and O–H groups in total. The topological polar surface area (TPSA) is 44.2 Å². The molecular weight excluding hydrogens is 328 g/mol. The van der Waals surface area contributed by atoms with Gasteiger partial charge in [-0.05, 0) is 18.6 Å². The van der Waals surface area contributed by atoms with Crippen LogP contribution in [0.15, 0.2) is 18.2 Å². The van der Waals surface area contributed by atoms with Crippen LogP contribution in [0.5, 0.6) is 11.5 Å². The van der Waals surface area contributed by atoms with E-state index in [1.165, 1.54) is 0 Å². The highest BCUT2D eigenvalue weighted by Gasteiger charge is 2.19. The lowest BCUT2D eigenvalue weighted by Crippen LogP contribution is -1.92. The Bertz CT molecular complexity index is 537. The predicted molar refractivity (Wildman–Crippen MR) is 80.4 cm³/mol. The second-order valence-corrected chi connectivity index (χ2v) is 5.97.